The van der Waals surface area contributed by atoms with E-state index in [4.69, 9.17) is 5.26 Å². The third-order valence-electron chi connectivity index (χ3n) is 2.91. The topological polar surface area (TPSA) is 52.9 Å². The van der Waals surface area contributed by atoms with Crippen molar-refractivity contribution in [2.24, 2.45) is 0 Å². The van der Waals surface area contributed by atoms with Gasteiger partial charge in [-0.3, -0.25) is 4.79 Å². The van der Waals surface area contributed by atoms with Crippen LogP contribution >= 0.6 is 0 Å². The fourth-order valence-corrected chi connectivity index (χ4v) is 1.86. The van der Waals surface area contributed by atoms with Crippen molar-refractivity contribution in [2.75, 3.05) is 5.32 Å². The van der Waals surface area contributed by atoms with Gasteiger partial charge in [0, 0.05) is 0 Å². The highest BCUT2D eigenvalue weighted by Crippen LogP contribution is 2.20. The molecule has 1 N–H and O–H groups in total. The Kier molecular flexibility index (Phi) is 4.11. The van der Waals surface area contributed by atoms with Crippen molar-refractivity contribution in [3.63, 3.8) is 0 Å². The minimum atomic E-state index is -0.961. The molecule has 0 aliphatic carbocycles. The Hall–Kier alpha value is -2.67. The molecule has 0 saturated heterocycles. The highest BCUT2D eigenvalue weighted by atomic mass is 19.1. The van der Waals surface area contributed by atoms with Crippen molar-refractivity contribution < 1.29 is 9.18 Å². The molecule has 20 heavy (non-hydrogen) atoms. The zero-order chi connectivity index (χ0) is 14.5. The highest BCUT2D eigenvalue weighted by Gasteiger charge is 2.20. The fourth-order valence-electron chi connectivity index (χ4n) is 1.86. The Morgan fingerprint density at radius 3 is 2.55 bits per heavy atom. The highest BCUT2D eigenvalue weighted by molar-refractivity contribution is 5.97. The number of nitrogens with one attached hydrogen (secondary N) is 1. The van der Waals surface area contributed by atoms with Gasteiger partial charge in [0.05, 0.1) is 11.8 Å². The van der Waals surface area contributed by atoms with Crippen LogP contribution in [0.1, 0.15) is 17.0 Å². The first-order valence-electron chi connectivity index (χ1n) is 6.13. The lowest BCUT2D eigenvalue weighted by molar-refractivity contribution is -0.116. The summed E-state index contributed by atoms with van der Waals surface area (Å²) in [4.78, 5) is 12.1. The van der Waals surface area contributed by atoms with Crippen molar-refractivity contribution in [3.05, 3.63) is 65.5 Å². The molecule has 100 valence electrons. The van der Waals surface area contributed by atoms with Crippen molar-refractivity contribution >= 4 is 11.6 Å². The van der Waals surface area contributed by atoms with Crippen LogP contribution in [0.2, 0.25) is 0 Å². The summed E-state index contributed by atoms with van der Waals surface area (Å²) in [7, 11) is 0. The Morgan fingerprint density at radius 1 is 1.25 bits per heavy atom. The molecule has 2 aromatic rings. The van der Waals surface area contributed by atoms with Crippen LogP contribution in [-0.4, -0.2) is 5.91 Å². The minimum Gasteiger partial charge on any atom is -0.322 e. The Labute approximate surface area is 116 Å². The van der Waals surface area contributed by atoms with E-state index in [1.54, 1.807) is 43.3 Å². The van der Waals surface area contributed by atoms with E-state index in [2.05, 4.69) is 5.32 Å². The molecule has 1 amide bonds. The number of hydrogen-bond donors (Lipinski definition) is 1. The van der Waals surface area contributed by atoms with E-state index in [9.17, 15) is 9.18 Å². The van der Waals surface area contributed by atoms with Gasteiger partial charge in [-0.25, -0.2) is 4.39 Å². The third-order valence-corrected chi connectivity index (χ3v) is 2.91. The second-order valence-corrected chi connectivity index (χ2v) is 4.45. The molecule has 1 unspecified atom stereocenters. The van der Waals surface area contributed by atoms with Gasteiger partial charge in [-0.05, 0) is 30.2 Å². The maximum atomic E-state index is 13.7. The van der Waals surface area contributed by atoms with Crippen molar-refractivity contribution in [2.45, 2.75) is 12.8 Å². The smallest absolute Gasteiger partial charge is 0.246 e. The molecule has 0 heterocycles. The Balaban J connectivity index is 2.21. The molecule has 2 aromatic carbocycles. The lowest BCUT2D eigenvalue weighted by Crippen LogP contribution is -2.20. The predicted octanol–water partition coefficient (Wildman–Crippen LogP) is 3.38. The molecule has 0 aliphatic rings. The molecule has 2 rings (SSSR count). The molecule has 1 atom stereocenters. The fraction of sp³-hybridized carbons (Fsp3) is 0.125. The molecule has 3 nitrogen and oxygen atoms in total. The number of rotatable bonds is 3. The summed E-state index contributed by atoms with van der Waals surface area (Å²) in [5, 5.41) is 11.6. The number of hydrogen-bond acceptors (Lipinski definition) is 2. The van der Waals surface area contributed by atoms with Gasteiger partial charge in [0.1, 0.15) is 5.82 Å². The van der Waals surface area contributed by atoms with Crippen molar-refractivity contribution in [1.82, 2.24) is 0 Å². The van der Waals surface area contributed by atoms with Gasteiger partial charge in [-0.2, -0.15) is 5.26 Å². The van der Waals surface area contributed by atoms with Crippen LogP contribution in [0.25, 0.3) is 0 Å². The number of nitrogens with zero attached hydrogens (tertiary/aromatic N) is 1. The Bertz CT molecular complexity index is 662. The summed E-state index contributed by atoms with van der Waals surface area (Å²) in [6.45, 7) is 1.76. The van der Waals surface area contributed by atoms with E-state index in [1.807, 2.05) is 6.07 Å². The van der Waals surface area contributed by atoms with Crippen LogP contribution in [0, 0.1) is 24.1 Å². The zero-order valence-electron chi connectivity index (χ0n) is 10.9. The van der Waals surface area contributed by atoms with Crippen LogP contribution < -0.4 is 5.32 Å². The quantitative estimate of drug-likeness (QED) is 0.927. The van der Waals surface area contributed by atoms with Crippen molar-refractivity contribution in [1.29, 1.82) is 5.26 Å². The first-order valence-corrected chi connectivity index (χ1v) is 6.13. The van der Waals surface area contributed by atoms with Gasteiger partial charge in [-0.15, -0.1) is 0 Å². The number of carbonyl (C=O) groups is 1. The molecule has 0 bridgehead atoms. The summed E-state index contributed by atoms with van der Waals surface area (Å²) < 4.78 is 13.7. The summed E-state index contributed by atoms with van der Waals surface area (Å²) in [6, 6.07) is 15.1. The van der Waals surface area contributed by atoms with Crippen molar-refractivity contribution in [3.8, 4) is 6.07 Å². The molecule has 0 radical (unpaired) electrons. The summed E-state index contributed by atoms with van der Waals surface area (Å²) in [6.07, 6.45) is 0. The number of benzene rings is 2. The normalized spacial score (nSPS) is 11.4. The van der Waals surface area contributed by atoms with E-state index in [0.717, 1.165) is 5.56 Å². The number of halogens is 1. The Morgan fingerprint density at radius 2 is 1.95 bits per heavy atom. The molecule has 0 aliphatic heterocycles. The second kappa shape index (κ2) is 5.98. The maximum absolute atomic E-state index is 13.7. The van der Waals surface area contributed by atoms with Gasteiger partial charge in [0.2, 0.25) is 5.91 Å². The molecule has 0 fully saturated rings. The predicted molar refractivity (Wildman–Crippen MR) is 74.6 cm³/mol. The second-order valence-electron chi connectivity index (χ2n) is 4.45. The average molecular weight is 268 g/mol. The summed E-state index contributed by atoms with van der Waals surface area (Å²) in [5.74, 6) is -2.01. The number of aryl methyl sites for hydroxylation is 1. The SMILES string of the molecule is Cc1ccc(NC(=O)C(C#N)c2ccccc2)c(F)c1. The van der Waals surface area contributed by atoms with Crippen LogP contribution in [-0.2, 0) is 4.79 Å². The number of amides is 1. The van der Waals surface area contributed by atoms with E-state index in [1.165, 1.54) is 12.1 Å². The number of nitriles is 1. The monoisotopic (exact) mass is 268 g/mol. The zero-order valence-corrected chi connectivity index (χ0v) is 10.9. The van der Waals surface area contributed by atoms with Gasteiger partial charge in [0.25, 0.3) is 0 Å². The summed E-state index contributed by atoms with van der Waals surface area (Å²) in [5.41, 5.74) is 1.43. The van der Waals surface area contributed by atoms with E-state index >= 15 is 0 Å². The molecule has 4 heteroatoms. The van der Waals surface area contributed by atoms with Gasteiger partial charge >= 0.3 is 0 Å². The third kappa shape index (κ3) is 3.01. The van der Waals surface area contributed by atoms with E-state index in [0.29, 0.717) is 5.56 Å². The van der Waals surface area contributed by atoms with Crippen LogP contribution in [0.5, 0.6) is 0 Å². The first-order chi connectivity index (χ1) is 9.61. The molecular formula is C16H13FN2O. The van der Waals surface area contributed by atoms with Gasteiger partial charge in [-0.1, -0.05) is 36.4 Å². The van der Waals surface area contributed by atoms with Gasteiger partial charge < -0.3 is 5.32 Å². The van der Waals surface area contributed by atoms with Gasteiger partial charge in [0.15, 0.2) is 5.92 Å². The first kappa shape index (κ1) is 13.8. The minimum absolute atomic E-state index is 0.0804. The largest absolute Gasteiger partial charge is 0.322 e. The molecular weight excluding hydrogens is 255 g/mol. The standard InChI is InChI=1S/C16H13FN2O/c1-11-7-8-15(14(17)9-11)19-16(20)13(10-18)12-5-3-2-4-6-12/h2-9,13H,1H3,(H,19,20). The van der Waals surface area contributed by atoms with E-state index < -0.39 is 17.6 Å². The maximum Gasteiger partial charge on any atom is 0.246 e. The average Bonchev–Trinajstić information content (AvgIpc) is 2.44. The molecule has 0 spiro atoms. The van der Waals surface area contributed by atoms with E-state index in [-0.39, 0.29) is 5.69 Å². The van der Waals surface area contributed by atoms with Crippen LogP contribution in [0.3, 0.4) is 0 Å². The molecule has 0 aromatic heterocycles. The van der Waals surface area contributed by atoms with Crippen LogP contribution in [0.15, 0.2) is 48.5 Å². The lowest BCUT2D eigenvalue weighted by atomic mass is 10.00. The number of carbonyl (C=O) groups excluding carboxylic acids is 1. The number of anilines is 1. The lowest BCUT2D eigenvalue weighted by Gasteiger charge is -2.11. The summed E-state index contributed by atoms with van der Waals surface area (Å²) >= 11 is 0. The van der Waals surface area contributed by atoms with Crippen LogP contribution in [0.4, 0.5) is 10.1 Å². The molecule has 0 saturated carbocycles.